The van der Waals surface area contributed by atoms with Crippen LogP contribution in [0.25, 0.3) is 5.57 Å². The minimum Gasteiger partial charge on any atom is -0.350 e. The highest BCUT2D eigenvalue weighted by Crippen LogP contribution is 2.40. The lowest BCUT2D eigenvalue weighted by molar-refractivity contribution is -0.122. The molecule has 0 spiro atoms. The molecule has 2 rings (SSSR count). The summed E-state index contributed by atoms with van der Waals surface area (Å²) in [4.78, 5) is 14.3. The lowest BCUT2D eigenvalue weighted by Gasteiger charge is -2.46. The number of anilines is 1. The number of carbonyl (C=O) groups is 1. The van der Waals surface area contributed by atoms with Gasteiger partial charge in [0.05, 0.1) is 5.54 Å². The van der Waals surface area contributed by atoms with Crippen LogP contribution in [0.4, 0.5) is 5.69 Å². The van der Waals surface area contributed by atoms with Crippen molar-refractivity contribution in [1.82, 2.24) is 5.43 Å². The average molecular weight is 273 g/mol. The average Bonchev–Trinajstić information content (AvgIpc) is 2.42. The van der Waals surface area contributed by atoms with E-state index in [9.17, 15) is 4.79 Å². The van der Waals surface area contributed by atoms with E-state index < -0.39 is 0 Å². The maximum Gasteiger partial charge on any atom is 0.256 e. The summed E-state index contributed by atoms with van der Waals surface area (Å²) >= 11 is 0. The topological polar surface area (TPSA) is 58.4 Å². The van der Waals surface area contributed by atoms with Crippen molar-refractivity contribution >= 4 is 17.2 Å². The van der Waals surface area contributed by atoms with Crippen LogP contribution in [0.5, 0.6) is 0 Å². The molecular formula is C16H23N3O. The first kappa shape index (κ1) is 14.6. The SMILES string of the molecule is CC[C@@H](C(=O)NN)N1c2ccccc2C(C)=CC1(C)C. The summed E-state index contributed by atoms with van der Waals surface area (Å²) in [5, 5.41) is 0. The second-order valence-corrected chi connectivity index (χ2v) is 5.80. The molecule has 0 saturated carbocycles. The van der Waals surface area contributed by atoms with Crippen LogP contribution in [-0.4, -0.2) is 17.5 Å². The third-order valence-corrected chi connectivity index (χ3v) is 3.92. The van der Waals surface area contributed by atoms with Gasteiger partial charge in [0.25, 0.3) is 5.91 Å². The van der Waals surface area contributed by atoms with Gasteiger partial charge in [-0.1, -0.05) is 31.2 Å². The van der Waals surface area contributed by atoms with Crippen molar-refractivity contribution < 1.29 is 4.79 Å². The second kappa shape index (κ2) is 5.29. The van der Waals surface area contributed by atoms with Crippen LogP contribution in [0.15, 0.2) is 30.3 Å². The first-order valence-electron chi connectivity index (χ1n) is 7.01. The molecule has 20 heavy (non-hydrogen) atoms. The van der Waals surface area contributed by atoms with Crippen LogP contribution < -0.4 is 16.2 Å². The highest BCUT2D eigenvalue weighted by atomic mass is 16.2. The van der Waals surface area contributed by atoms with Gasteiger partial charge in [0.1, 0.15) is 6.04 Å². The van der Waals surface area contributed by atoms with Crippen LogP contribution >= 0.6 is 0 Å². The van der Waals surface area contributed by atoms with E-state index in [0.717, 1.165) is 5.69 Å². The van der Waals surface area contributed by atoms with Gasteiger partial charge in [-0.3, -0.25) is 10.2 Å². The van der Waals surface area contributed by atoms with Gasteiger partial charge in [-0.05, 0) is 38.8 Å². The van der Waals surface area contributed by atoms with Crippen LogP contribution in [-0.2, 0) is 4.79 Å². The molecule has 0 bridgehead atoms. The fourth-order valence-corrected chi connectivity index (χ4v) is 3.16. The van der Waals surface area contributed by atoms with Gasteiger partial charge >= 0.3 is 0 Å². The van der Waals surface area contributed by atoms with Gasteiger partial charge in [-0.15, -0.1) is 0 Å². The lowest BCUT2D eigenvalue weighted by atomic mass is 9.86. The van der Waals surface area contributed by atoms with E-state index in [-0.39, 0.29) is 17.5 Å². The zero-order valence-corrected chi connectivity index (χ0v) is 12.6. The molecule has 1 atom stereocenters. The Labute approximate surface area is 120 Å². The summed E-state index contributed by atoms with van der Waals surface area (Å²) in [5.41, 5.74) is 5.57. The smallest absolute Gasteiger partial charge is 0.256 e. The van der Waals surface area contributed by atoms with Crippen molar-refractivity contribution in [2.24, 2.45) is 5.84 Å². The molecule has 0 radical (unpaired) electrons. The number of fused-ring (bicyclic) bond motifs is 1. The van der Waals surface area contributed by atoms with E-state index in [4.69, 9.17) is 5.84 Å². The van der Waals surface area contributed by atoms with Crippen molar-refractivity contribution in [3.05, 3.63) is 35.9 Å². The number of amides is 1. The zero-order chi connectivity index (χ0) is 14.9. The third-order valence-electron chi connectivity index (χ3n) is 3.92. The molecule has 0 aliphatic carbocycles. The van der Waals surface area contributed by atoms with E-state index in [1.807, 2.05) is 19.1 Å². The molecule has 1 aromatic rings. The summed E-state index contributed by atoms with van der Waals surface area (Å²) in [5.74, 6) is 5.20. The summed E-state index contributed by atoms with van der Waals surface area (Å²) in [7, 11) is 0. The predicted octanol–water partition coefficient (Wildman–Crippen LogP) is 2.46. The summed E-state index contributed by atoms with van der Waals surface area (Å²) in [6.07, 6.45) is 2.91. The molecule has 0 aromatic heterocycles. The van der Waals surface area contributed by atoms with Crippen molar-refractivity contribution in [3.8, 4) is 0 Å². The van der Waals surface area contributed by atoms with E-state index in [1.54, 1.807) is 0 Å². The number of para-hydroxylation sites is 1. The Morgan fingerprint density at radius 1 is 1.40 bits per heavy atom. The van der Waals surface area contributed by atoms with Crippen LogP contribution in [0.3, 0.4) is 0 Å². The number of nitrogens with zero attached hydrogens (tertiary/aromatic N) is 1. The van der Waals surface area contributed by atoms with Gasteiger partial charge in [0, 0.05) is 11.3 Å². The normalized spacial score (nSPS) is 18.1. The number of allylic oxidation sites excluding steroid dienone is 1. The Morgan fingerprint density at radius 2 is 2.05 bits per heavy atom. The number of hydrogen-bond donors (Lipinski definition) is 2. The minimum atomic E-state index is -0.277. The lowest BCUT2D eigenvalue weighted by Crippen LogP contribution is -2.57. The quantitative estimate of drug-likeness (QED) is 0.505. The molecule has 4 heteroatoms. The van der Waals surface area contributed by atoms with Gasteiger partial charge in [0.2, 0.25) is 0 Å². The number of benzene rings is 1. The summed E-state index contributed by atoms with van der Waals surface area (Å²) in [6.45, 7) is 8.36. The maximum absolute atomic E-state index is 12.1. The molecule has 0 unspecified atom stereocenters. The fourth-order valence-electron chi connectivity index (χ4n) is 3.16. The zero-order valence-electron chi connectivity index (χ0n) is 12.6. The molecule has 0 saturated heterocycles. The standard InChI is InChI=1S/C16H23N3O/c1-5-13(15(20)18-17)19-14-9-7-6-8-12(14)11(2)10-16(19,3)4/h6-10,13H,5,17H2,1-4H3,(H,18,20)/t13-/m0/s1. The van der Waals surface area contributed by atoms with Crippen LogP contribution in [0.2, 0.25) is 0 Å². The number of nitrogens with two attached hydrogens (primary N) is 1. The first-order chi connectivity index (χ1) is 9.42. The number of hydrazine groups is 1. The number of hydrogen-bond acceptors (Lipinski definition) is 3. The van der Waals surface area contributed by atoms with E-state index in [0.29, 0.717) is 6.42 Å². The molecular weight excluding hydrogens is 250 g/mol. The van der Waals surface area contributed by atoms with Crippen molar-refractivity contribution in [1.29, 1.82) is 0 Å². The Bertz CT molecular complexity index is 548. The third kappa shape index (κ3) is 2.31. The highest BCUT2D eigenvalue weighted by molar-refractivity contribution is 5.89. The Balaban J connectivity index is 2.58. The fraction of sp³-hybridized carbons (Fsp3) is 0.438. The first-order valence-corrected chi connectivity index (χ1v) is 7.01. The van der Waals surface area contributed by atoms with Crippen molar-refractivity contribution in [2.45, 2.75) is 45.7 Å². The minimum absolute atomic E-state index is 0.150. The largest absolute Gasteiger partial charge is 0.350 e. The molecule has 1 aliphatic heterocycles. The van der Waals surface area contributed by atoms with Gasteiger partial charge in [-0.25, -0.2) is 5.84 Å². The second-order valence-electron chi connectivity index (χ2n) is 5.80. The Hall–Kier alpha value is -1.81. The maximum atomic E-state index is 12.1. The van der Waals surface area contributed by atoms with Gasteiger partial charge < -0.3 is 4.90 Å². The van der Waals surface area contributed by atoms with Crippen LogP contribution in [0.1, 0.15) is 39.7 Å². The Kier molecular flexibility index (Phi) is 3.86. The molecule has 1 heterocycles. The summed E-state index contributed by atoms with van der Waals surface area (Å²) in [6, 6.07) is 7.92. The van der Waals surface area contributed by atoms with E-state index in [2.05, 4.69) is 49.3 Å². The molecule has 4 nitrogen and oxygen atoms in total. The number of rotatable bonds is 3. The highest BCUT2D eigenvalue weighted by Gasteiger charge is 2.38. The summed E-state index contributed by atoms with van der Waals surface area (Å²) < 4.78 is 0. The van der Waals surface area contributed by atoms with E-state index in [1.165, 1.54) is 11.1 Å². The van der Waals surface area contributed by atoms with Gasteiger partial charge in [0.15, 0.2) is 0 Å². The number of nitrogens with one attached hydrogen (secondary N) is 1. The van der Waals surface area contributed by atoms with Crippen molar-refractivity contribution in [2.75, 3.05) is 4.90 Å². The van der Waals surface area contributed by atoms with Gasteiger partial charge in [-0.2, -0.15) is 0 Å². The molecule has 0 fully saturated rings. The molecule has 3 N–H and O–H groups in total. The van der Waals surface area contributed by atoms with E-state index >= 15 is 0 Å². The Morgan fingerprint density at radius 3 is 2.65 bits per heavy atom. The molecule has 1 aromatic carbocycles. The predicted molar refractivity (Wildman–Crippen MR) is 83.1 cm³/mol. The van der Waals surface area contributed by atoms with Crippen molar-refractivity contribution in [3.63, 3.8) is 0 Å². The molecule has 108 valence electrons. The number of carbonyl (C=O) groups excluding carboxylic acids is 1. The monoisotopic (exact) mass is 273 g/mol. The van der Waals surface area contributed by atoms with Crippen LogP contribution in [0, 0.1) is 0 Å². The molecule has 1 amide bonds. The molecule has 1 aliphatic rings.